The highest BCUT2D eigenvalue weighted by Crippen LogP contribution is 2.13. The third kappa shape index (κ3) is 2.50. The highest BCUT2D eigenvalue weighted by atomic mass is 16.2. The van der Waals surface area contributed by atoms with Crippen LogP contribution in [0.3, 0.4) is 0 Å². The van der Waals surface area contributed by atoms with Gasteiger partial charge in [-0.3, -0.25) is 13.9 Å². The molecule has 0 radical (unpaired) electrons. The monoisotopic (exact) mass is 324 g/mol. The Morgan fingerprint density at radius 1 is 1.00 bits per heavy atom. The van der Waals surface area contributed by atoms with Crippen LogP contribution >= 0.6 is 0 Å². The predicted octanol–water partition coefficient (Wildman–Crippen LogP) is 2.11. The first kappa shape index (κ1) is 16.0. The highest BCUT2D eigenvalue weighted by molar-refractivity contribution is 5.76. The summed E-state index contributed by atoms with van der Waals surface area (Å²) in [7, 11) is 1.80. The molecule has 0 N–H and O–H groups in total. The zero-order valence-electron chi connectivity index (χ0n) is 14.1. The van der Waals surface area contributed by atoms with Gasteiger partial charge in [0, 0.05) is 20.1 Å². The lowest BCUT2D eigenvalue weighted by molar-refractivity contribution is 0.604. The van der Waals surface area contributed by atoms with Gasteiger partial charge in [-0.2, -0.15) is 0 Å². The minimum absolute atomic E-state index is 0.295. The van der Waals surface area contributed by atoms with Gasteiger partial charge in [0.15, 0.2) is 11.2 Å². The summed E-state index contributed by atoms with van der Waals surface area (Å²) in [6.07, 6.45) is 3.80. The minimum Gasteiger partial charge on any atom is -0.322 e. The van der Waals surface area contributed by atoms with E-state index in [0.717, 1.165) is 5.56 Å². The molecule has 3 rings (SSSR count). The lowest BCUT2D eigenvalue weighted by Gasteiger charge is -2.08. The maximum Gasteiger partial charge on any atom is 0.332 e. The Balaban J connectivity index is 2.24. The van der Waals surface area contributed by atoms with Crippen molar-refractivity contribution in [2.45, 2.75) is 26.9 Å². The molecule has 124 valence electrons. The fraction of sp³-hybridized carbons (Fsp3) is 0.278. The van der Waals surface area contributed by atoms with Gasteiger partial charge in [0.1, 0.15) is 5.82 Å². The lowest BCUT2D eigenvalue weighted by atomic mass is 10.2. The van der Waals surface area contributed by atoms with E-state index in [1.807, 2.05) is 49.4 Å². The van der Waals surface area contributed by atoms with E-state index in [2.05, 4.69) is 4.98 Å². The minimum atomic E-state index is -0.311. The smallest absolute Gasteiger partial charge is 0.322 e. The van der Waals surface area contributed by atoms with E-state index in [0.29, 0.717) is 30.1 Å². The van der Waals surface area contributed by atoms with Crippen molar-refractivity contribution in [1.29, 1.82) is 0 Å². The first-order valence-corrected chi connectivity index (χ1v) is 8.01. The number of rotatable bonds is 4. The molecule has 24 heavy (non-hydrogen) atoms. The Kier molecular flexibility index (Phi) is 4.20. The van der Waals surface area contributed by atoms with E-state index in [9.17, 15) is 9.59 Å². The summed E-state index contributed by atoms with van der Waals surface area (Å²) in [6, 6.07) is 9.86. The Hall–Kier alpha value is -2.89. The number of benzene rings is 1. The first-order chi connectivity index (χ1) is 11.6. The Morgan fingerprint density at radius 3 is 2.29 bits per heavy atom. The normalized spacial score (nSPS) is 11.6. The van der Waals surface area contributed by atoms with Gasteiger partial charge in [-0.1, -0.05) is 36.4 Å². The quantitative estimate of drug-likeness (QED) is 0.738. The second kappa shape index (κ2) is 6.31. The van der Waals surface area contributed by atoms with Crippen LogP contribution in [-0.2, 0) is 20.1 Å². The second-order valence-corrected chi connectivity index (χ2v) is 5.52. The van der Waals surface area contributed by atoms with Crippen LogP contribution in [-0.4, -0.2) is 18.7 Å². The fourth-order valence-corrected chi connectivity index (χ4v) is 2.83. The highest BCUT2D eigenvalue weighted by Gasteiger charge is 2.17. The van der Waals surface area contributed by atoms with E-state index >= 15 is 0 Å². The molecule has 0 unspecified atom stereocenters. The van der Waals surface area contributed by atoms with Crippen LogP contribution in [0, 0.1) is 0 Å². The summed E-state index contributed by atoms with van der Waals surface area (Å²) >= 11 is 0. The van der Waals surface area contributed by atoms with Gasteiger partial charge >= 0.3 is 5.69 Å². The first-order valence-electron chi connectivity index (χ1n) is 8.01. The van der Waals surface area contributed by atoms with Crippen molar-refractivity contribution in [3.05, 3.63) is 62.6 Å². The molecule has 6 nitrogen and oxygen atoms in total. The molecule has 0 amide bonds. The molecule has 0 atom stereocenters. The molecule has 0 spiro atoms. The van der Waals surface area contributed by atoms with Crippen LogP contribution in [0.25, 0.3) is 23.3 Å². The number of fused-ring (bicyclic) bond motifs is 1. The van der Waals surface area contributed by atoms with E-state index in [1.165, 1.54) is 4.57 Å². The second-order valence-electron chi connectivity index (χ2n) is 5.52. The van der Waals surface area contributed by atoms with Crippen molar-refractivity contribution in [3.8, 4) is 0 Å². The van der Waals surface area contributed by atoms with Crippen molar-refractivity contribution >= 4 is 23.3 Å². The van der Waals surface area contributed by atoms with Crippen molar-refractivity contribution in [1.82, 2.24) is 18.7 Å². The van der Waals surface area contributed by atoms with Crippen LogP contribution in [0.5, 0.6) is 0 Å². The van der Waals surface area contributed by atoms with Gasteiger partial charge in [-0.15, -0.1) is 0 Å². The molecular formula is C18H20N4O2. The van der Waals surface area contributed by atoms with Gasteiger partial charge < -0.3 is 4.57 Å². The molecule has 2 heterocycles. The third-order valence-electron chi connectivity index (χ3n) is 4.13. The van der Waals surface area contributed by atoms with E-state index in [4.69, 9.17) is 0 Å². The molecule has 0 saturated heterocycles. The van der Waals surface area contributed by atoms with Crippen LogP contribution in [0.1, 0.15) is 25.2 Å². The molecule has 0 aliphatic heterocycles. The predicted molar refractivity (Wildman–Crippen MR) is 96.0 cm³/mol. The average molecular weight is 324 g/mol. The molecule has 0 fully saturated rings. The Morgan fingerprint density at radius 2 is 1.67 bits per heavy atom. The van der Waals surface area contributed by atoms with Crippen molar-refractivity contribution < 1.29 is 0 Å². The number of imidazole rings is 1. The maximum absolute atomic E-state index is 12.6. The number of nitrogens with zero attached hydrogens (tertiary/aromatic N) is 4. The Bertz CT molecular complexity index is 1020. The number of aromatic nitrogens is 4. The third-order valence-corrected chi connectivity index (χ3v) is 4.13. The molecular weight excluding hydrogens is 304 g/mol. The van der Waals surface area contributed by atoms with Crippen LogP contribution < -0.4 is 11.2 Å². The van der Waals surface area contributed by atoms with Crippen LogP contribution in [0.2, 0.25) is 0 Å². The summed E-state index contributed by atoms with van der Waals surface area (Å²) < 4.78 is 4.53. The van der Waals surface area contributed by atoms with Gasteiger partial charge in [-0.05, 0) is 25.5 Å². The molecule has 3 aromatic rings. The number of aryl methyl sites for hydroxylation is 2. The SMILES string of the molecule is CCn1c(=O)c2c(nc(C=Cc3ccccc3)n2C)n(CC)c1=O. The van der Waals surface area contributed by atoms with Crippen molar-refractivity contribution in [3.63, 3.8) is 0 Å². The maximum atomic E-state index is 12.6. The molecule has 0 aliphatic carbocycles. The zero-order valence-corrected chi connectivity index (χ0v) is 14.1. The van der Waals surface area contributed by atoms with Gasteiger partial charge in [-0.25, -0.2) is 9.78 Å². The summed E-state index contributed by atoms with van der Waals surface area (Å²) in [6.45, 7) is 4.48. The molecule has 1 aromatic carbocycles. The largest absolute Gasteiger partial charge is 0.332 e. The topological polar surface area (TPSA) is 61.8 Å². The molecule has 0 aliphatic rings. The van der Waals surface area contributed by atoms with E-state index in [-0.39, 0.29) is 11.2 Å². The molecule has 0 bridgehead atoms. The summed E-state index contributed by atoms with van der Waals surface area (Å²) in [5.74, 6) is 0.640. The van der Waals surface area contributed by atoms with Crippen LogP contribution in [0.15, 0.2) is 39.9 Å². The summed E-state index contributed by atoms with van der Waals surface area (Å²) in [5, 5.41) is 0. The van der Waals surface area contributed by atoms with Gasteiger partial charge in [0.05, 0.1) is 0 Å². The van der Waals surface area contributed by atoms with E-state index in [1.54, 1.807) is 23.1 Å². The van der Waals surface area contributed by atoms with Crippen LogP contribution in [0.4, 0.5) is 0 Å². The summed E-state index contributed by atoms with van der Waals surface area (Å²) in [4.78, 5) is 29.6. The fourth-order valence-electron chi connectivity index (χ4n) is 2.83. The van der Waals surface area contributed by atoms with Gasteiger partial charge in [0.2, 0.25) is 0 Å². The average Bonchev–Trinajstić information content (AvgIpc) is 2.91. The lowest BCUT2D eigenvalue weighted by Crippen LogP contribution is -2.39. The van der Waals surface area contributed by atoms with Crippen molar-refractivity contribution in [2.24, 2.45) is 7.05 Å². The number of hydrogen-bond donors (Lipinski definition) is 0. The van der Waals surface area contributed by atoms with Gasteiger partial charge in [0.25, 0.3) is 5.56 Å². The zero-order chi connectivity index (χ0) is 17.3. The van der Waals surface area contributed by atoms with E-state index < -0.39 is 0 Å². The Labute approximate surface area is 139 Å². The molecule has 6 heteroatoms. The molecule has 2 aromatic heterocycles. The molecule has 0 saturated carbocycles. The summed E-state index contributed by atoms with van der Waals surface area (Å²) in [5.41, 5.74) is 1.33. The number of hydrogen-bond acceptors (Lipinski definition) is 3. The standard InChI is InChI=1S/C18H20N4O2/c1-4-21-16-15(17(23)22(5-2)18(21)24)20(3)14(19-16)12-11-13-9-7-6-8-10-13/h6-12H,4-5H2,1-3H3. The van der Waals surface area contributed by atoms with Crippen molar-refractivity contribution in [2.75, 3.05) is 0 Å².